The number of ether oxygens (including phenoxy) is 1. The third-order valence-electron chi connectivity index (χ3n) is 3.35. The van der Waals surface area contributed by atoms with E-state index in [4.69, 9.17) is 4.74 Å². The molecule has 0 atom stereocenters. The summed E-state index contributed by atoms with van der Waals surface area (Å²) in [6, 6.07) is 15.8. The number of carbonyl (C=O) groups is 1. The highest BCUT2D eigenvalue weighted by molar-refractivity contribution is 5.90. The number of benzene rings is 2. The quantitative estimate of drug-likeness (QED) is 0.848. The number of amides is 1. The first-order chi connectivity index (χ1) is 10.2. The lowest BCUT2D eigenvalue weighted by Crippen LogP contribution is -2.10. The molecule has 3 heteroatoms. The van der Waals surface area contributed by atoms with Gasteiger partial charge in [0.2, 0.25) is 5.91 Å². The van der Waals surface area contributed by atoms with E-state index in [0.717, 1.165) is 35.4 Å². The van der Waals surface area contributed by atoms with Crippen LogP contribution in [-0.4, -0.2) is 13.0 Å². The molecule has 2 aromatic carbocycles. The molecule has 3 nitrogen and oxygen atoms in total. The summed E-state index contributed by atoms with van der Waals surface area (Å²) < 4.78 is 5.15. The Hall–Kier alpha value is -2.29. The molecule has 0 aliphatic carbocycles. The first kappa shape index (κ1) is 15.1. The first-order valence-corrected chi connectivity index (χ1v) is 7.27. The van der Waals surface area contributed by atoms with Gasteiger partial charge in [-0.05, 0) is 41.8 Å². The van der Waals surface area contributed by atoms with E-state index < -0.39 is 0 Å². The van der Waals surface area contributed by atoms with Crippen molar-refractivity contribution in [3.05, 3.63) is 48.5 Å². The molecule has 0 aliphatic heterocycles. The molecule has 0 saturated heterocycles. The summed E-state index contributed by atoms with van der Waals surface area (Å²) >= 11 is 0. The normalized spacial score (nSPS) is 10.2. The molecular weight excluding hydrogens is 262 g/mol. The Bertz CT molecular complexity index is 573. The summed E-state index contributed by atoms with van der Waals surface area (Å²) in [5.74, 6) is 0.924. The SMILES string of the molecule is CCCCC(=O)Nc1ccc(-c2ccc(OC)cc2)cc1. The van der Waals surface area contributed by atoms with Crippen molar-refractivity contribution in [1.29, 1.82) is 0 Å². The van der Waals surface area contributed by atoms with Crippen molar-refractivity contribution >= 4 is 11.6 Å². The number of rotatable bonds is 6. The summed E-state index contributed by atoms with van der Waals surface area (Å²) in [4.78, 5) is 11.7. The van der Waals surface area contributed by atoms with Gasteiger partial charge in [-0.3, -0.25) is 4.79 Å². The number of hydrogen-bond donors (Lipinski definition) is 1. The van der Waals surface area contributed by atoms with Gasteiger partial charge in [0, 0.05) is 12.1 Å². The topological polar surface area (TPSA) is 38.3 Å². The second-order valence-corrected chi connectivity index (χ2v) is 4.96. The molecule has 1 amide bonds. The van der Waals surface area contributed by atoms with Crippen LogP contribution in [0.2, 0.25) is 0 Å². The van der Waals surface area contributed by atoms with Crippen LogP contribution in [0.1, 0.15) is 26.2 Å². The Morgan fingerprint density at radius 1 is 1.00 bits per heavy atom. The van der Waals surface area contributed by atoms with E-state index in [1.165, 1.54) is 0 Å². The molecule has 0 aliphatic rings. The van der Waals surface area contributed by atoms with Crippen molar-refractivity contribution in [3.63, 3.8) is 0 Å². The molecule has 0 bridgehead atoms. The van der Waals surface area contributed by atoms with Crippen LogP contribution in [0.4, 0.5) is 5.69 Å². The van der Waals surface area contributed by atoms with Crippen LogP contribution in [0.3, 0.4) is 0 Å². The molecular formula is C18H21NO2. The van der Waals surface area contributed by atoms with E-state index in [-0.39, 0.29) is 5.91 Å². The predicted octanol–water partition coefficient (Wildman–Crippen LogP) is 4.49. The largest absolute Gasteiger partial charge is 0.497 e. The smallest absolute Gasteiger partial charge is 0.224 e. The van der Waals surface area contributed by atoms with Crippen molar-refractivity contribution in [2.24, 2.45) is 0 Å². The average Bonchev–Trinajstić information content (AvgIpc) is 2.54. The molecule has 0 saturated carbocycles. The van der Waals surface area contributed by atoms with Gasteiger partial charge in [-0.25, -0.2) is 0 Å². The number of nitrogens with one attached hydrogen (secondary N) is 1. The average molecular weight is 283 g/mol. The van der Waals surface area contributed by atoms with Gasteiger partial charge >= 0.3 is 0 Å². The van der Waals surface area contributed by atoms with Crippen LogP contribution >= 0.6 is 0 Å². The standard InChI is InChI=1S/C18H21NO2/c1-3-4-5-18(20)19-16-10-6-14(7-11-16)15-8-12-17(21-2)13-9-15/h6-13H,3-5H2,1-2H3,(H,19,20). The first-order valence-electron chi connectivity index (χ1n) is 7.27. The minimum Gasteiger partial charge on any atom is -0.497 e. The van der Waals surface area contributed by atoms with Crippen LogP contribution < -0.4 is 10.1 Å². The number of methoxy groups -OCH3 is 1. The molecule has 110 valence electrons. The molecule has 0 unspecified atom stereocenters. The number of hydrogen-bond acceptors (Lipinski definition) is 2. The Morgan fingerprint density at radius 2 is 1.57 bits per heavy atom. The minimum atomic E-state index is 0.0778. The molecule has 0 radical (unpaired) electrons. The van der Waals surface area contributed by atoms with Crippen LogP contribution in [0.5, 0.6) is 5.75 Å². The van der Waals surface area contributed by atoms with Gasteiger partial charge in [0.1, 0.15) is 5.75 Å². The molecule has 2 aromatic rings. The lowest BCUT2D eigenvalue weighted by molar-refractivity contribution is -0.116. The van der Waals surface area contributed by atoms with Crippen LogP contribution in [0, 0.1) is 0 Å². The molecule has 0 aromatic heterocycles. The zero-order valence-electron chi connectivity index (χ0n) is 12.6. The van der Waals surface area contributed by atoms with E-state index in [1.807, 2.05) is 48.5 Å². The van der Waals surface area contributed by atoms with Crippen molar-refractivity contribution < 1.29 is 9.53 Å². The van der Waals surface area contributed by atoms with E-state index in [0.29, 0.717) is 6.42 Å². The fourth-order valence-corrected chi connectivity index (χ4v) is 2.09. The highest BCUT2D eigenvalue weighted by Gasteiger charge is 2.02. The summed E-state index contributed by atoms with van der Waals surface area (Å²) in [6.45, 7) is 2.08. The second-order valence-electron chi connectivity index (χ2n) is 4.96. The van der Waals surface area contributed by atoms with Gasteiger partial charge in [0.15, 0.2) is 0 Å². The molecule has 1 N–H and O–H groups in total. The fraction of sp³-hybridized carbons (Fsp3) is 0.278. The van der Waals surface area contributed by atoms with E-state index >= 15 is 0 Å². The van der Waals surface area contributed by atoms with Gasteiger partial charge in [-0.2, -0.15) is 0 Å². The molecule has 0 spiro atoms. The number of carbonyl (C=O) groups excluding carboxylic acids is 1. The highest BCUT2D eigenvalue weighted by Crippen LogP contribution is 2.23. The lowest BCUT2D eigenvalue weighted by atomic mass is 10.1. The zero-order chi connectivity index (χ0) is 15.1. The van der Waals surface area contributed by atoms with Crippen LogP contribution in [0.15, 0.2) is 48.5 Å². The monoisotopic (exact) mass is 283 g/mol. The van der Waals surface area contributed by atoms with Crippen LogP contribution in [0.25, 0.3) is 11.1 Å². The molecule has 21 heavy (non-hydrogen) atoms. The Labute approximate surface area is 126 Å². The van der Waals surface area contributed by atoms with Crippen molar-refractivity contribution in [2.75, 3.05) is 12.4 Å². The summed E-state index contributed by atoms with van der Waals surface area (Å²) in [6.07, 6.45) is 2.54. The van der Waals surface area contributed by atoms with Crippen molar-refractivity contribution in [1.82, 2.24) is 0 Å². The summed E-state index contributed by atoms with van der Waals surface area (Å²) in [7, 11) is 1.66. The fourth-order valence-electron chi connectivity index (χ4n) is 2.09. The van der Waals surface area contributed by atoms with Crippen LogP contribution in [-0.2, 0) is 4.79 Å². The maximum Gasteiger partial charge on any atom is 0.224 e. The second kappa shape index (κ2) is 7.48. The van der Waals surface area contributed by atoms with Crippen molar-refractivity contribution in [2.45, 2.75) is 26.2 Å². The molecule has 0 fully saturated rings. The van der Waals surface area contributed by atoms with Gasteiger partial charge in [0.05, 0.1) is 7.11 Å². The Balaban J connectivity index is 2.02. The Morgan fingerprint density at radius 3 is 2.10 bits per heavy atom. The third-order valence-corrected chi connectivity index (χ3v) is 3.35. The molecule has 2 rings (SSSR count). The molecule has 0 heterocycles. The van der Waals surface area contributed by atoms with Gasteiger partial charge in [0.25, 0.3) is 0 Å². The third kappa shape index (κ3) is 4.35. The van der Waals surface area contributed by atoms with Gasteiger partial charge in [-0.1, -0.05) is 37.6 Å². The van der Waals surface area contributed by atoms with Gasteiger partial charge in [-0.15, -0.1) is 0 Å². The summed E-state index contributed by atoms with van der Waals surface area (Å²) in [5, 5.41) is 2.91. The van der Waals surface area contributed by atoms with Gasteiger partial charge < -0.3 is 10.1 Å². The Kier molecular flexibility index (Phi) is 5.38. The van der Waals surface area contributed by atoms with E-state index in [1.54, 1.807) is 7.11 Å². The van der Waals surface area contributed by atoms with E-state index in [9.17, 15) is 4.79 Å². The highest BCUT2D eigenvalue weighted by atomic mass is 16.5. The maximum absolute atomic E-state index is 11.7. The van der Waals surface area contributed by atoms with Crippen molar-refractivity contribution in [3.8, 4) is 16.9 Å². The number of unbranched alkanes of at least 4 members (excludes halogenated alkanes) is 1. The van der Waals surface area contributed by atoms with E-state index in [2.05, 4.69) is 12.2 Å². The minimum absolute atomic E-state index is 0.0778. The predicted molar refractivity (Wildman–Crippen MR) is 86.6 cm³/mol. The zero-order valence-corrected chi connectivity index (χ0v) is 12.6. The number of anilines is 1. The lowest BCUT2D eigenvalue weighted by Gasteiger charge is -2.07. The maximum atomic E-state index is 11.7. The summed E-state index contributed by atoms with van der Waals surface area (Å²) in [5.41, 5.74) is 3.08.